The minimum Gasteiger partial charge on any atom is -0.341 e. The first-order valence-corrected chi connectivity index (χ1v) is 8.89. The molecule has 2 nitrogen and oxygen atoms in total. The minimum atomic E-state index is -0.0277. The summed E-state index contributed by atoms with van der Waals surface area (Å²) in [4.78, 5) is 15.2. The highest BCUT2D eigenvalue weighted by molar-refractivity contribution is 6.18. The van der Waals surface area contributed by atoms with Gasteiger partial charge in [-0.15, -0.1) is 11.6 Å². The van der Waals surface area contributed by atoms with Crippen LogP contribution in [0.4, 0.5) is 0 Å². The van der Waals surface area contributed by atoms with Crippen LogP contribution in [0.25, 0.3) is 0 Å². The molecule has 4 aliphatic rings. The Morgan fingerprint density at radius 3 is 2.35 bits per heavy atom. The zero-order valence-corrected chi connectivity index (χ0v) is 13.7. The summed E-state index contributed by atoms with van der Waals surface area (Å²) in [6.07, 6.45) is 8.58. The molecule has 3 heteroatoms. The first kappa shape index (κ1) is 14.7. The van der Waals surface area contributed by atoms with E-state index in [0.29, 0.717) is 17.2 Å². The van der Waals surface area contributed by atoms with Crippen molar-refractivity contribution in [1.29, 1.82) is 0 Å². The van der Waals surface area contributed by atoms with E-state index in [9.17, 15) is 4.79 Å². The van der Waals surface area contributed by atoms with Crippen molar-refractivity contribution in [2.75, 3.05) is 19.0 Å². The van der Waals surface area contributed by atoms with Crippen molar-refractivity contribution in [2.24, 2.45) is 22.7 Å². The van der Waals surface area contributed by atoms with Crippen LogP contribution in [0.5, 0.6) is 0 Å². The predicted octanol–water partition coefficient (Wildman–Crippen LogP) is 4.07. The van der Waals surface area contributed by atoms with E-state index in [1.807, 2.05) is 0 Å². The molecule has 1 amide bonds. The Morgan fingerprint density at radius 2 is 1.85 bits per heavy atom. The number of carbonyl (C=O) groups excluding carboxylic acids is 1. The number of hydrogen-bond donors (Lipinski definition) is 0. The summed E-state index contributed by atoms with van der Waals surface area (Å²) in [5.74, 6) is 2.61. The van der Waals surface area contributed by atoms with Crippen molar-refractivity contribution in [3.05, 3.63) is 0 Å². The molecule has 4 fully saturated rings. The molecule has 2 atom stereocenters. The lowest BCUT2D eigenvalue weighted by Crippen LogP contribution is -2.57. The predicted molar refractivity (Wildman–Crippen MR) is 82.8 cm³/mol. The molecule has 4 bridgehead atoms. The molecule has 0 aromatic rings. The molecule has 0 radical (unpaired) electrons. The van der Waals surface area contributed by atoms with Gasteiger partial charge >= 0.3 is 0 Å². The first-order valence-electron chi connectivity index (χ1n) is 8.36. The molecule has 4 aliphatic carbocycles. The van der Waals surface area contributed by atoms with Gasteiger partial charge < -0.3 is 4.90 Å². The lowest BCUT2D eigenvalue weighted by molar-refractivity contribution is -0.165. The number of alkyl halides is 1. The topological polar surface area (TPSA) is 20.3 Å². The van der Waals surface area contributed by atoms with Crippen LogP contribution in [-0.4, -0.2) is 29.8 Å². The van der Waals surface area contributed by atoms with Crippen molar-refractivity contribution >= 4 is 17.5 Å². The molecule has 0 N–H and O–H groups in total. The van der Waals surface area contributed by atoms with Gasteiger partial charge in [-0.25, -0.2) is 0 Å². The summed E-state index contributed by atoms with van der Waals surface area (Å²) in [7, 11) is 0. The highest BCUT2D eigenvalue weighted by Gasteiger charge is 2.59. The Hall–Kier alpha value is -0.240. The van der Waals surface area contributed by atoms with E-state index in [1.165, 1.54) is 19.3 Å². The van der Waals surface area contributed by atoms with Crippen molar-refractivity contribution in [1.82, 2.24) is 4.90 Å². The molecule has 20 heavy (non-hydrogen) atoms. The second-order valence-electron chi connectivity index (χ2n) is 8.03. The number of nitrogens with zero attached hydrogens (tertiary/aromatic N) is 1. The Kier molecular flexibility index (Phi) is 3.81. The number of hydrogen-bond acceptors (Lipinski definition) is 1. The monoisotopic (exact) mass is 297 g/mol. The highest BCUT2D eigenvalue weighted by Crippen LogP contribution is 2.65. The molecule has 4 rings (SSSR count). The van der Waals surface area contributed by atoms with E-state index in [2.05, 4.69) is 18.7 Å². The van der Waals surface area contributed by atoms with Crippen LogP contribution < -0.4 is 0 Å². The van der Waals surface area contributed by atoms with Crippen LogP contribution in [0.2, 0.25) is 0 Å². The van der Waals surface area contributed by atoms with Gasteiger partial charge in [0, 0.05) is 19.0 Å². The molecular formula is C17H28ClNO. The number of amides is 1. The summed E-state index contributed by atoms with van der Waals surface area (Å²) in [6, 6.07) is 0. The minimum absolute atomic E-state index is 0.0277. The van der Waals surface area contributed by atoms with Gasteiger partial charge in [0.05, 0.1) is 5.41 Å². The van der Waals surface area contributed by atoms with Crippen molar-refractivity contribution in [2.45, 2.75) is 58.8 Å². The van der Waals surface area contributed by atoms with E-state index >= 15 is 0 Å². The molecule has 0 saturated heterocycles. The van der Waals surface area contributed by atoms with Gasteiger partial charge in [0.15, 0.2) is 0 Å². The average molecular weight is 298 g/mol. The van der Waals surface area contributed by atoms with E-state index in [-0.39, 0.29) is 5.41 Å². The lowest BCUT2D eigenvalue weighted by atomic mass is 9.44. The molecule has 2 unspecified atom stereocenters. The summed E-state index contributed by atoms with van der Waals surface area (Å²) in [5.41, 5.74) is 0.415. The van der Waals surface area contributed by atoms with Crippen LogP contribution >= 0.6 is 11.6 Å². The van der Waals surface area contributed by atoms with Gasteiger partial charge in [0.1, 0.15) is 0 Å². The third kappa shape index (κ3) is 2.38. The van der Waals surface area contributed by atoms with Gasteiger partial charge in [0.2, 0.25) is 5.91 Å². The van der Waals surface area contributed by atoms with E-state index in [1.54, 1.807) is 0 Å². The molecule has 114 valence electrons. The third-order valence-corrected chi connectivity index (χ3v) is 6.11. The molecule has 0 aromatic heterocycles. The second kappa shape index (κ2) is 5.19. The fraction of sp³-hybridized carbons (Fsp3) is 0.941. The van der Waals surface area contributed by atoms with Crippen molar-refractivity contribution < 1.29 is 4.79 Å². The van der Waals surface area contributed by atoms with Crippen LogP contribution in [0, 0.1) is 22.7 Å². The average Bonchev–Trinajstić information content (AvgIpc) is 2.34. The largest absolute Gasteiger partial charge is 0.341 e. The van der Waals surface area contributed by atoms with Crippen LogP contribution in [0.1, 0.15) is 58.8 Å². The Bertz CT molecular complexity index is 374. The number of halogens is 1. The first-order chi connectivity index (χ1) is 9.50. The third-order valence-electron chi connectivity index (χ3n) is 5.94. The Balaban J connectivity index is 1.82. The van der Waals surface area contributed by atoms with E-state index < -0.39 is 0 Å². The molecule has 0 heterocycles. The summed E-state index contributed by atoms with van der Waals surface area (Å²) in [5, 5.41) is 0. The number of rotatable bonds is 5. The maximum Gasteiger partial charge on any atom is 0.228 e. The van der Waals surface area contributed by atoms with Crippen molar-refractivity contribution in [3.63, 3.8) is 0 Å². The zero-order chi connectivity index (χ0) is 14.4. The summed E-state index contributed by atoms with van der Waals surface area (Å²) >= 11 is 5.92. The van der Waals surface area contributed by atoms with Gasteiger partial charge in [-0.1, -0.05) is 13.8 Å². The van der Waals surface area contributed by atoms with E-state index in [0.717, 1.165) is 50.6 Å². The SMILES string of the molecule is CCCN(CCCl)C(=O)C12CC3CC(CC(C)(C3)C1)C2. The van der Waals surface area contributed by atoms with Crippen LogP contribution in [0.15, 0.2) is 0 Å². The fourth-order valence-electron chi connectivity index (χ4n) is 5.99. The summed E-state index contributed by atoms with van der Waals surface area (Å²) in [6.45, 7) is 6.18. The Morgan fingerprint density at radius 1 is 1.20 bits per heavy atom. The van der Waals surface area contributed by atoms with Gasteiger partial charge in [-0.2, -0.15) is 0 Å². The highest BCUT2D eigenvalue weighted by atomic mass is 35.5. The molecule has 0 aromatic carbocycles. The molecule has 4 saturated carbocycles. The number of carbonyl (C=O) groups is 1. The zero-order valence-electron chi connectivity index (χ0n) is 13.0. The smallest absolute Gasteiger partial charge is 0.228 e. The van der Waals surface area contributed by atoms with Crippen molar-refractivity contribution in [3.8, 4) is 0 Å². The molecule has 0 spiro atoms. The molecule has 0 aliphatic heterocycles. The molecular weight excluding hydrogens is 270 g/mol. The van der Waals surface area contributed by atoms with Gasteiger partial charge in [-0.3, -0.25) is 4.79 Å². The van der Waals surface area contributed by atoms with Crippen LogP contribution in [0.3, 0.4) is 0 Å². The van der Waals surface area contributed by atoms with Gasteiger partial charge in [0.25, 0.3) is 0 Å². The standard InChI is InChI=1S/C17H28ClNO/c1-3-5-19(6-4-18)15(20)17-10-13-7-14(11-17)9-16(2,8-13)12-17/h13-14H,3-12H2,1-2H3. The second-order valence-corrected chi connectivity index (χ2v) is 8.41. The summed E-state index contributed by atoms with van der Waals surface area (Å²) < 4.78 is 0. The Labute approximate surface area is 128 Å². The van der Waals surface area contributed by atoms with E-state index in [4.69, 9.17) is 11.6 Å². The van der Waals surface area contributed by atoms with Gasteiger partial charge in [-0.05, 0) is 62.2 Å². The normalized spacial score (nSPS) is 42.0. The lowest BCUT2D eigenvalue weighted by Gasteiger charge is -2.61. The fourth-order valence-corrected chi connectivity index (χ4v) is 6.20. The maximum absolute atomic E-state index is 13.2. The van der Waals surface area contributed by atoms with Crippen LogP contribution in [-0.2, 0) is 4.79 Å². The maximum atomic E-state index is 13.2. The quantitative estimate of drug-likeness (QED) is 0.701.